The van der Waals surface area contributed by atoms with Gasteiger partial charge < -0.3 is 25.1 Å². The van der Waals surface area contributed by atoms with Crippen molar-refractivity contribution < 1.29 is 43.8 Å². The minimum Gasteiger partial charge on any atom is -0.475 e. The summed E-state index contributed by atoms with van der Waals surface area (Å²) in [6, 6.07) is 0. The lowest BCUT2D eigenvalue weighted by Gasteiger charge is -2.20. The number of carbonyl (C=O) groups excluding carboxylic acids is 1. The van der Waals surface area contributed by atoms with Gasteiger partial charge in [0.05, 0.1) is 6.61 Å². The third-order valence-electron chi connectivity index (χ3n) is 1.51. The summed E-state index contributed by atoms with van der Waals surface area (Å²) in [5, 5.41) is 25.8. The van der Waals surface area contributed by atoms with Crippen molar-refractivity contribution in [3.63, 3.8) is 0 Å². The molecule has 0 aromatic heterocycles. The van der Waals surface area contributed by atoms with E-state index in [4.69, 9.17) is 25.1 Å². The van der Waals surface area contributed by atoms with Gasteiger partial charge in [-0.1, -0.05) is 0 Å². The second kappa shape index (κ2) is 6.04. The smallest absolute Gasteiger partial charge is 0.469 e. The molecule has 0 rings (SSSR count). The SMILES string of the molecule is O=C(O)C(=O)C[C@H](OP(=O)(O)O)[C@H](O)CO. The van der Waals surface area contributed by atoms with Crippen molar-refractivity contribution in [2.24, 2.45) is 0 Å². The molecule has 0 amide bonds. The molecular formula is C6H11O9P. The standard InChI is InChI=1S/C6H11O9P/c7-2-4(9)5(15-16(12,13)14)1-3(8)6(10)11/h4-5,7,9H,1-2H2,(H,10,11)(H2,12,13,14)/t4-,5+/m1/s1. The molecule has 16 heavy (non-hydrogen) atoms. The van der Waals surface area contributed by atoms with Crippen molar-refractivity contribution in [3.05, 3.63) is 0 Å². The number of Topliss-reactive ketones (excluding diaryl/α,β-unsaturated/α-hetero) is 1. The first-order valence-corrected chi connectivity index (χ1v) is 5.49. The van der Waals surface area contributed by atoms with E-state index in [0.717, 1.165) is 0 Å². The van der Waals surface area contributed by atoms with E-state index in [1.807, 2.05) is 0 Å². The topological polar surface area (TPSA) is 162 Å². The molecular weight excluding hydrogens is 247 g/mol. The molecule has 0 spiro atoms. The maximum atomic E-state index is 10.7. The summed E-state index contributed by atoms with van der Waals surface area (Å²) in [7, 11) is -4.99. The second-order valence-corrected chi connectivity index (χ2v) is 4.01. The van der Waals surface area contributed by atoms with Crippen molar-refractivity contribution in [3.8, 4) is 0 Å². The molecule has 0 aliphatic carbocycles. The molecule has 5 N–H and O–H groups in total. The van der Waals surface area contributed by atoms with Crippen LogP contribution in [-0.2, 0) is 18.7 Å². The molecule has 0 fully saturated rings. The van der Waals surface area contributed by atoms with Crippen LogP contribution >= 0.6 is 7.82 Å². The Morgan fingerprint density at radius 1 is 1.31 bits per heavy atom. The molecule has 0 unspecified atom stereocenters. The van der Waals surface area contributed by atoms with Crippen LogP contribution < -0.4 is 0 Å². The van der Waals surface area contributed by atoms with Gasteiger partial charge in [0.2, 0.25) is 5.78 Å². The number of rotatable bonds is 7. The molecule has 0 aliphatic heterocycles. The zero-order chi connectivity index (χ0) is 12.9. The summed E-state index contributed by atoms with van der Waals surface area (Å²) < 4.78 is 14.4. The van der Waals surface area contributed by atoms with Gasteiger partial charge in [-0.3, -0.25) is 9.32 Å². The molecule has 2 atom stereocenters. The predicted molar refractivity (Wildman–Crippen MR) is 47.3 cm³/mol. The van der Waals surface area contributed by atoms with Crippen molar-refractivity contribution in [2.45, 2.75) is 18.6 Å². The van der Waals surface area contributed by atoms with Crippen molar-refractivity contribution in [1.82, 2.24) is 0 Å². The quantitative estimate of drug-likeness (QED) is 0.253. The fourth-order valence-corrected chi connectivity index (χ4v) is 1.38. The summed E-state index contributed by atoms with van der Waals surface area (Å²) in [6.07, 6.45) is -4.51. The normalized spacial score (nSPS) is 15.5. The van der Waals surface area contributed by atoms with Gasteiger partial charge in [-0.2, -0.15) is 0 Å². The van der Waals surface area contributed by atoms with E-state index in [2.05, 4.69) is 4.52 Å². The Bertz CT molecular complexity index is 307. The van der Waals surface area contributed by atoms with E-state index in [-0.39, 0.29) is 0 Å². The maximum absolute atomic E-state index is 10.7. The number of phosphoric ester groups is 1. The van der Waals surface area contributed by atoms with Crippen molar-refractivity contribution in [2.75, 3.05) is 6.61 Å². The number of carbonyl (C=O) groups is 2. The lowest BCUT2D eigenvalue weighted by atomic mass is 10.1. The number of phosphoric acid groups is 1. The minimum absolute atomic E-state index is 0.933. The van der Waals surface area contributed by atoms with Crippen LogP contribution in [0.4, 0.5) is 0 Å². The minimum atomic E-state index is -4.99. The van der Waals surface area contributed by atoms with Crippen LogP contribution in [0.2, 0.25) is 0 Å². The highest BCUT2D eigenvalue weighted by molar-refractivity contribution is 7.46. The first-order valence-electron chi connectivity index (χ1n) is 3.96. The lowest BCUT2D eigenvalue weighted by molar-refractivity contribution is -0.150. The summed E-state index contributed by atoms with van der Waals surface area (Å²) >= 11 is 0. The molecule has 0 bridgehead atoms. The number of hydrogen-bond donors (Lipinski definition) is 5. The average molecular weight is 258 g/mol. The highest BCUT2D eigenvalue weighted by Gasteiger charge is 2.31. The van der Waals surface area contributed by atoms with Gasteiger partial charge in [-0.05, 0) is 0 Å². The van der Waals surface area contributed by atoms with E-state index in [1.165, 1.54) is 0 Å². The molecule has 0 radical (unpaired) electrons. The number of aliphatic carboxylic acids is 1. The number of aliphatic hydroxyl groups is 2. The molecule has 10 heteroatoms. The molecule has 0 heterocycles. The average Bonchev–Trinajstić information content (AvgIpc) is 2.13. The summed E-state index contributed by atoms with van der Waals surface area (Å²) in [6.45, 7) is -0.933. The van der Waals surface area contributed by atoms with E-state index in [1.54, 1.807) is 0 Å². The van der Waals surface area contributed by atoms with Gasteiger partial charge in [0.15, 0.2) is 0 Å². The van der Waals surface area contributed by atoms with Crippen molar-refractivity contribution in [1.29, 1.82) is 0 Å². The van der Waals surface area contributed by atoms with Crippen LogP contribution in [0.25, 0.3) is 0 Å². The molecule has 0 aromatic rings. The number of hydrogen-bond acceptors (Lipinski definition) is 6. The van der Waals surface area contributed by atoms with E-state index in [9.17, 15) is 14.2 Å². The van der Waals surface area contributed by atoms with Crippen molar-refractivity contribution >= 4 is 19.6 Å². The number of aliphatic hydroxyl groups excluding tert-OH is 2. The fourth-order valence-electron chi connectivity index (χ4n) is 0.808. The van der Waals surface area contributed by atoms with Crippen LogP contribution in [-0.4, -0.2) is 55.7 Å². The molecule has 9 nitrogen and oxygen atoms in total. The first-order chi connectivity index (χ1) is 7.17. The van der Waals surface area contributed by atoms with Gasteiger partial charge in [-0.25, -0.2) is 9.36 Å². The molecule has 0 aliphatic rings. The van der Waals surface area contributed by atoms with Crippen LogP contribution in [0.15, 0.2) is 0 Å². The molecule has 94 valence electrons. The van der Waals surface area contributed by atoms with Crippen LogP contribution in [0.3, 0.4) is 0 Å². The Morgan fingerprint density at radius 3 is 2.12 bits per heavy atom. The zero-order valence-corrected chi connectivity index (χ0v) is 8.78. The van der Waals surface area contributed by atoms with Gasteiger partial charge >= 0.3 is 13.8 Å². The van der Waals surface area contributed by atoms with E-state index in [0.29, 0.717) is 0 Å². The maximum Gasteiger partial charge on any atom is 0.469 e. The van der Waals surface area contributed by atoms with Crippen LogP contribution in [0.1, 0.15) is 6.42 Å². The predicted octanol–water partition coefficient (Wildman–Crippen LogP) is -2.14. The third-order valence-corrected chi connectivity index (χ3v) is 2.06. The van der Waals surface area contributed by atoms with Gasteiger partial charge in [0, 0.05) is 6.42 Å². The lowest BCUT2D eigenvalue weighted by Crippen LogP contribution is -2.35. The molecule has 0 aromatic carbocycles. The van der Waals surface area contributed by atoms with Crippen LogP contribution in [0, 0.1) is 0 Å². The highest BCUT2D eigenvalue weighted by Crippen LogP contribution is 2.39. The Labute approximate surface area is 89.5 Å². The summed E-state index contributed by atoms with van der Waals surface area (Å²) in [5.41, 5.74) is 0. The second-order valence-electron chi connectivity index (χ2n) is 2.82. The van der Waals surface area contributed by atoms with Gasteiger partial charge in [0.1, 0.15) is 12.2 Å². The fraction of sp³-hybridized carbons (Fsp3) is 0.667. The highest BCUT2D eigenvalue weighted by atomic mass is 31.2. The van der Waals surface area contributed by atoms with Gasteiger partial charge in [0.25, 0.3) is 0 Å². The Morgan fingerprint density at radius 2 is 1.81 bits per heavy atom. The number of ketones is 1. The number of carboxylic acid groups (broad SMARTS) is 1. The zero-order valence-electron chi connectivity index (χ0n) is 7.89. The number of carboxylic acids is 1. The molecule has 0 saturated carbocycles. The monoisotopic (exact) mass is 258 g/mol. The first kappa shape index (κ1) is 15.2. The van der Waals surface area contributed by atoms with E-state index < -0.39 is 44.8 Å². The van der Waals surface area contributed by atoms with Crippen LogP contribution in [0.5, 0.6) is 0 Å². The Hall–Kier alpha value is -0.830. The largest absolute Gasteiger partial charge is 0.475 e. The summed E-state index contributed by atoms with van der Waals surface area (Å²) in [4.78, 5) is 37.7. The summed E-state index contributed by atoms with van der Waals surface area (Å²) in [5.74, 6) is -3.23. The molecule has 0 saturated heterocycles. The van der Waals surface area contributed by atoms with E-state index >= 15 is 0 Å². The Kier molecular flexibility index (Phi) is 5.73. The third kappa shape index (κ3) is 5.91. The van der Waals surface area contributed by atoms with Gasteiger partial charge in [-0.15, -0.1) is 0 Å². The Balaban J connectivity index is 4.62.